The van der Waals surface area contributed by atoms with Gasteiger partial charge in [-0.15, -0.1) is 0 Å². The maximum absolute atomic E-state index is 13.3. The first-order valence-electron chi connectivity index (χ1n) is 13.1. The Labute approximate surface area is 233 Å². The summed E-state index contributed by atoms with van der Waals surface area (Å²) in [7, 11) is 2.93. The van der Waals surface area contributed by atoms with Gasteiger partial charge in [-0.3, -0.25) is 0 Å². The van der Waals surface area contributed by atoms with E-state index in [1.54, 1.807) is 25.1 Å². The summed E-state index contributed by atoms with van der Waals surface area (Å²) < 4.78 is 58.9. The van der Waals surface area contributed by atoms with Crippen LogP contribution < -0.4 is 14.2 Å². The zero-order valence-corrected chi connectivity index (χ0v) is 22.6. The van der Waals surface area contributed by atoms with Crippen molar-refractivity contribution in [2.24, 2.45) is 7.05 Å². The smallest absolute Gasteiger partial charge is 0.434 e. The number of imidazole rings is 1. The summed E-state index contributed by atoms with van der Waals surface area (Å²) in [6, 6.07) is 4.74. The molecular weight excluding hydrogens is 541 g/mol. The van der Waals surface area contributed by atoms with Gasteiger partial charge in [0, 0.05) is 36.7 Å². The van der Waals surface area contributed by atoms with Crippen LogP contribution in [-0.4, -0.2) is 54.9 Å². The minimum Gasteiger partial charge on any atom is -0.493 e. The number of hydrogen-bond acceptors (Lipinski definition) is 9. The molecule has 1 unspecified atom stereocenters. The molecule has 0 radical (unpaired) electrons. The second-order valence-electron chi connectivity index (χ2n) is 10.2. The first-order chi connectivity index (χ1) is 19.6. The molecule has 214 valence electrons. The molecule has 3 aromatic heterocycles. The summed E-state index contributed by atoms with van der Waals surface area (Å²) in [6.45, 7) is 2.00. The molecule has 1 aliphatic carbocycles. The van der Waals surface area contributed by atoms with Crippen molar-refractivity contribution in [2.45, 2.75) is 43.9 Å². The maximum atomic E-state index is 13.3. The number of aromatic nitrogens is 6. The monoisotopic (exact) mass is 568 g/mol. The first kappa shape index (κ1) is 26.9. The molecule has 2 bridgehead atoms. The molecule has 1 atom stereocenters. The highest BCUT2D eigenvalue weighted by atomic mass is 19.4. The summed E-state index contributed by atoms with van der Waals surface area (Å²) in [5.74, 6) is 1.44. The molecule has 6 rings (SSSR count). The van der Waals surface area contributed by atoms with Gasteiger partial charge in [0.1, 0.15) is 34.8 Å². The minimum absolute atomic E-state index is 0.0955. The first-order valence-corrected chi connectivity index (χ1v) is 13.1. The number of aryl methyl sites for hydroxylation is 1. The number of methoxy groups -OCH3 is 1. The van der Waals surface area contributed by atoms with Crippen molar-refractivity contribution in [1.29, 1.82) is 0 Å². The van der Waals surface area contributed by atoms with Gasteiger partial charge in [-0.1, -0.05) is 12.1 Å². The highest BCUT2D eigenvalue weighted by Crippen LogP contribution is 2.46. The quantitative estimate of drug-likeness (QED) is 0.377. The van der Waals surface area contributed by atoms with E-state index in [1.165, 1.54) is 31.2 Å². The number of nitrogens with zero attached hydrogens (tertiary/aromatic N) is 6. The minimum atomic E-state index is -4.59. The lowest BCUT2D eigenvalue weighted by Gasteiger charge is -2.27. The largest absolute Gasteiger partial charge is 0.493 e. The molecule has 41 heavy (non-hydrogen) atoms. The Bertz CT molecular complexity index is 1620. The van der Waals surface area contributed by atoms with Gasteiger partial charge in [0.2, 0.25) is 5.88 Å². The number of halogens is 3. The molecule has 0 amide bonds. The van der Waals surface area contributed by atoms with Gasteiger partial charge < -0.3 is 23.9 Å². The topological polar surface area (TPSA) is 117 Å². The molecule has 2 aliphatic rings. The number of ether oxygens (including phenoxy) is 3. The second kappa shape index (κ2) is 9.98. The summed E-state index contributed by atoms with van der Waals surface area (Å²) in [5, 5.41) is 12.0. The van der Waals surface area contributed by atoms with Crippen molar-refractivity contribution < 1.29 is 32.5 Å². The Morgan fingerprint density at radius 3 is 2.59 bits per heavy atom. The van der Waals surface area contributed by atoms with Gasteiger partial charge in [0.25, 0.3) is 0 Å². The van der Waals surface area contributed by atoms with Crippen LogP contribution in [0.25, 0.3) is 22.8 Å². The fraction of sp³-hybridized carbons (Fsp3) is 0.393. The number of aliphatic hydroxyl groups is 1. The van der Waals surface area contributed by atoms with Crippen LogP contribution in [0.1, 0.15) is 54.7 Å². The number of fused-ring (bicyclic) bond motifs is 5. The van der Waals surface area contributed by atoms with E-state index in [9.17, 15) is 18.3 Å². The van der Waals surface area contributed by atoms with E-state index >= 15 is 0 Å². The average molecular weight is 569 g/mol. The summed E-state index contributed by atoms with van der Waals surface area (Å²) in [6.07, 6.45) is 1.69. The van der Waals surface area contributed by atoms with Crippen molar-refractivity contribution in [3.05, 3.63) is 59.6 Å². The van der Waals surface area contributed by atoms with E-state index in [2.05, 4.69) is 19.9 Å². The molecule has 1 N–H and O–H groups in total. The SMILES string of the molecule is COc1cnc2nc1C(C)(O)c1ccc(-c3nc(C(F)(F)F)cn3C)cc1OCCCOc1ncnc(C3CC3)c1-2. The predicted molar refractivity (Wildman–Crippen MR) is 140 cm³/mol. The fourth-order valence-corrected chi connectivity index (χ4v) is 4.95. The van der Waals surface area contributed by atoms with Crippen molar-refractivity contribution in [2.75, 3.05) is 20.3 Å². The van der Waals surface area contributed by atoms with Crippen LogP contribution >= 0.6 is 0 Å². The van der Waals surface area contributed by atoms with Crippen molar-refractivity contribution in [3.63, 3.8) is 0 Å². The molecule has 1 aliphatic heterocycles. The van der Waals surface area contributed by atoms with E-state index in [4.69, 9.17) is 19.2 Å². The normalized spacial score (nSPS) is 19.0. The molecule has 4 heterocycles. The van der Waals surface area contributed by atoms with E-state index in [1.807, 2.05) is 0 Å². The summed E-state index contributed by atoms with van der Waals surface area (Å²) in [4.78, 5) is 21.9. The number of alkyl halides is 3. The van der Waals surface area contributed by atoms with Crippen LogP contribution in [0.15, 0.2) is 36.9 Å². The standard InChI is InChI=1S/C28H27F3N6O4/c1-27(38)17-8-7-16(25-35-20(13-37(25)2)28(29,30)31)11-18(17)40-9-4-10-41-26-21(22(15-5-6-15)33-14-34-26)24-32-12-19(39-3)23(27)36-24/h7-8,11-15,38H,4-6,9-10H2,1-3H3. The predicted octanol–water partition coefficient (Wildman–Crippen LogP) is 4.66. The van der Waals surface area contributed by atoms with Crippen molar-refractivity contribution in [3.8, 4) is 40.2 Å². The third kappa shape index (κ3) is 4.94. The summed E-state index contributed by atoms with van der Waals surface area (Å²) >= 11 is 0. The average Bonchev–Trinajstić information content (AvgIpc) is 3.71. The molecule has 13 heteroatoms. The number of hydrogen-bond donors (Lipinski definition) is 1. The Morgan fingerprint density at radius 1 is 1.10 bits per heavy atom. The third-order valence-corrected chi connectivity index (χ3v) is 7.18. The lowest BCUT2D eigenvalue weighted by molar-refractivity contribution is -0.140. The molecule has 0 saturated heterocycles. The fourth-order valence-electron chi connectivity index (χ4n) is 4.95. The van der Waals surface area contributed by atoms with Crippen LogP contribution in [0.2, 0.25) is 0 Å². The van der Waals surface area contributed by atoms with Crippen LogP contribution in [-0.2, 0) is 18.8 Å². The zero-order valence-electron chi connectivity index (χ0n) is 22.6. The lowest BCUT2D eigenvalue weighted by atomic mass is 9.89. The van der Waals surface area contributed by atoms with E-state index in [0.717, 1.165) is 24.7 Å². The van der Waals surface area contributed by atoms with Gasteiger partial charge in [-0.05, 0) is 25.8 Å². The van der Waals surface area contributed by atoms with Crippen LogP contribution in [0, 0.1) is 0 Å². The third-order valence-electron chi connectivity index (χ3n) is 7.18. The van der Waals surface area contributed by atoms with Crippen molar-refractivity contribution >= 4 is 0 Å². The number of benzene rings is 1. The van der Waals surface area contributed by atoms with Crippen LogP contribution in [0.4, 0.5) is 13.2 Å². The van der Waals surface area contributed by atoms with Gasteiger partial charge >= 0.3 is 6.18 Å². The van der Waals surface area contributed by atoms with E-state index < -0.39 is 17.5 Å². The van der Waals surface area contributed by atoms with Crippen LogP contribution in [0.5, 0.6) is 17.4 Å². The van der Waals surface area contributed by atoms with Gasteiger partial charge in [0.05, 0.1) is 32.2 Å². The molecule has 1 fully saturated rings. The van der Waals surface area contributed by atoms with Crippen molar-refractivity contribution in [1.82, 2.24) is 29.5 Å². The molecular formula is C28H27F3N6O4. The van der Waals surface area contributed by atoms with Crippen LogP contribution in [0.3, 0.4) is 0 Å². The van der Waals surface area contributed by atoms with Gasteiger partial charge in [-0.25, -0.2) is 24.9 Å². The number of rotatable bonds is 3. The van der Waals surface area contributed by atoms with Gasteiger partial charge in [-0.2, -0.15) is 13.2 Å². The molecule has 10 nitrogen and oxygen atoms in total. The Morgan fingerprint density at radius 2 is 1.88 bits per heavy atom. The highest BCUT2D eigenvalue weighted by molar-refractivity contribution is 5.67. The molecule has 0 spiro atoms. The maximum Gasteiger partial charge on any atom is 0.434 e. The Kier molecular flexibility index (Phi) is 6.56. The Balaban J connectivity index is 1.51. The van der Waals surface area contributed by atoms with E-state index in [0.29, 0.717) is 29.0 Å². The Hall–Kier alpha value is -4.26. The molecule has 1 saturated carbocycles. The van der Waals surface area contributed by atoms with E-state index in [-0.39, 0.29) is 48.0 Å². The molecule has 4 aromatic rings. The van der Waals surface area contributed by atoms with Gasteiger partial charge in [0.15, 0.2) is 17.3 Å². The highest BCUT2D eigenvalue weighted by Gasteiger charge is 2.38. The second-order valence-corrected chi connectivity index (χ2v) is 10.2. The summed E-state index contributed by atoms with van der Waals surface area (Å²) in [5.41, 5.74) is -0.534. The molecule has 1 aromatic carbocycles. The zero-order chi connectivity index (χ0) is 28.9. The lowest BCUT2D eigenvalue weighted by Crippen LogP contribution is -2.27.